The average molecular weight is 156 g/mol. The van der Waals surface area contributed by atoms with E-state index in [-0.39, 0.29) is 0 Å². The molecule has 0 aliphatic carbocycles. The first-order chi connectivity index (χ1) is 4.55. The smallest absolute Gasteiger partial charge is 0.179 e. The van der Waals surface area contributed by atoms with Crippen molar-refractivity contribution in [1.82, 2.24) is 9.13 Å². The first-order valence-corrected chi connectivity index (χ1v) is 3.65. The van der Waals surface area contributed by atoms with E-state index in [4.69, 9.17) is 12.2 Å². The van der Waals surface area contributed by atoms with Crippen LogP contribution in [0.1, 0.15) is 11.4 Å². The molecular formula is C7H12N2S. The monoisotopic (exact) mass is 156 g/mol. The highest BCUT2D eigenvalue weighted by molar-refractivity contribution is 7.71. The zero-order valence-corrected chi connectivity index (χ0v) is 7.62. The average Bonchev–Trinajstić information content (AvgIpc) is 2.07. The van der Waals surface area contributed by atoms with Crippen molar-refractivity contribution in [3.63, 3.8) is 0 Å². The van der Waals surface area contributed by atoms with E-state index in [2.05, 4.69) is 13.8 Å². The van der Waals surface area contributed by atoms with Crippen molar-refractivity contribution >= 4 is 12.2 Å². The molecule has 1 aromatic heterocycles. The highest BCUT2D eigenvalue weighted by Crippen LogP contribution is 2.07. The summed E-state index contributed by atoms with van der Waals surface area (Å²) in [4.78, 5) is 0. The maximum Gasteiger partial charge on any atom is 0.179 e. The van der Waals surface area contributed by atoms with Gasteiger partial charge in [-0.1, -0.05) is 0 Å². The van der Waals surface area contributed by atoms with E-state index >= 15 is 0 Å². The zero-order valence-electron chi connectivity index (χ0n) is 6.80. The minimum absolute atomic E-state index is 0.884. The van der Waals surface area contributed by atoms with Crippen LogP contribution in [0.2, 0.25) is 0 Å². The molecule has 1 rings (SSSR count). The SMILES string of the molecule is Cc1c(C)n(C)c(=S)n1C. The van der Waals surface area contributed by atoms with Gasteiger partial charge in [0, 0.05) is 25.5 Å². The number of rotatable bonds is 0. The third-order valence-electron chi connectivity index (χ3n) is 2.10. The highest BCUT2D eigenvalue weighted by Gasteiger charge is 2.02. The first-order valence-electron chi connectivity index (χ1n) is 3.24. The molecular weight excluding hydrogens is 144 g/mol. The summed E-state index contributed by atoms with van der Waals surface area (Å²) in [6, 6.07) is 0. The lowest BCUT2D eigenvalue weighted by atomic mass is 10.4. The van der Waals surface area contributed by atoms with Crippen LogP contribution in [-0.4, -0.2) is 9.13 Å². The van der Waals surface area contributed by atoms with Crippen molar-refractivity contribution in [3.05, 3.63) is 16.2 Å². The Hall–Kier alpha value is -0.570. The maximum absolute atomic E-state index is 5.13. The third-order valence-corrected chi connectivity index (χ3v) is 2.65. The van der Waals surface area contributed by atoms with E-state index in [1.165, 1.54) is 11.4 Å². The summed E-state index contributed by atoms with van der Waals surface area (Å²) >= 11 is 5.13. The first kappa shape index (κ1) is 7.54. The number of hydrogen-bond donors (Lipinski definition) is 0. The summed E-state index contributed by atoms with van der Waals surface area (Å²) in [7, 11) is 3.98. The molecule has 0 bridgehead atoms. The summed E-state index contributed by atoms with van der Waals surface area (Å²) in [5.41, 5.74) is 2.49. The number of aromatic nitrogens is 2. The van der Waals surface area contributed by atoms with Crippen molar-refractivity contribution in [2.75, 3.05) is 0 Å². The number of imidazole rings is 1. The topological polar surface area (TPSA) is 9.86 Å². The number of hydrogen-bond acceptors (Lipinski definition) is 1. The van der Waals surface area contributed by atoms with Gasteiger partial charge in [0.25, 0.3) is 0 Å². The van der Waals surface area contributed by atoms with Crippen LogP contribution in [0.4, 0.5) is 0 Å². The normalized spacial score (nSPS) is 10.4. The molecule has 0 N–H and O–H groups in total. The van der Waals surface area contributed by atoms with Crippen LogP contribution in [0.3, 0.4) is 0 Å². The maximum atomic E-state index is 5.13. The Morgan fingerprint density at radius 2 is 1.30 bits per heavy atom. The Bertz CT molecular complexity index is 278. The fourth-order valence-corrected chi connectivity index (χ4v) is 1.27. The van der Waals surface area contributed by atoms with Gasteiger partial charge >= 0.3 is 0 Å². The van der Waals surface area contributed by atoms with E-state index in [1.54, 1.807) is 0 Å². The Labute approximate surface area is 66.1 Å². The van der Waals surface area contributed by atoms with E-state index in [1.807, 2.05) is 23.2 Å². The Morgan fingerprint density at radius 3 is 1.40 bits per heavy atom. The van der Waals surface area contributed by atoms with Crippen LogP contribution in [0.5, 0.6) is 0 Å². The zero-order chi connectivity index (χ0) is 7.89. The van der Waals surface area contributed by atoms with E-state index in [0.29, 0.717) is 0 Å². The molecule has 2 nitrogen and oxygen atoms in total. The second-order valence-corrected chi connectivity index (χ2v) is 2.94. The Balaban J connectivity index is 3.60. The minimum Gasteiger partial charge on any atom is -0.324 e. The predicted octanol–water partition coefficient (Wildman–Crippen LogP) is 1.71. The van der Waals surface area contributed by atoms with Crippen LogP contribution in [0.25, 0.3) is 0 Å². The van der Waals surface area contributed by atoms with Crippen LogP contribution < -0.4 is 0 Å². The molecule has 0 aliphatic heterocycles. The van der Waals surface area contributed by atoms with Gasteiger partial charge in [-0.3, -0.25) is 0 Å². The van der Waals surface area contributed by atoms with Crippen LogP contribution in [0.15, 0.2) is 0 Å². The molecule has 0 spiro atoms. The summed E-state index contributed by atoms with van der Waals surface area (Å²) in [6.45, 7) is 4.15. The van der Waals surface area contributed by atoms with Gasteiger partial charge in [-0.05, 0) is 26.1 Å². The molecule has 3 heteroatoms. The van der Waals surface area contributed by atoms with Crippen molar-refractivity contribution < 1.29 is 0 Å². The second kappa shape index (κ2) is 2.23. The fraction of sp³-hybridized carbons (Fsp3) is 0.571. The van der Waals surface area contributed by atoms with Crippen LogP contribution in [-0.2, 0) is 14.1 Å². The van der Waals surface area contributed by atoms with Crippen molar-refractivity contribution in [2.24, 2.45) is 14.1 Å². The van der Waals surface area contributed by atoms with Gasteiger partial charge in [0.1, 0.15) is 0 Å². The fourth-order valence-electron chi connectivity index (χ4n) is 0.997. The molecule has 0 saturated heterocycles. The lowest BCUT2D eigenvalue weighted by Crippen LogP contribution is -1.91. The molecule has 0 aromatic carbocycles. The molecule has 0 radical (unpaired) electrons. The van der Waals surface area contributed by atoms with Crippen LogP contribution >= 0.6 is 12.2 Å². The van der Waals surface area contributed by atoms with Crippen molar-refractivity contribution in [2.45, 2.75) is 13.8 Å². The largest absolute Gasteiger partial charge is 0.324 e. The lowest BCUT2D eigenvalue weighted by molar-refractivity contribution is 0.796. The van der Waals surface area contributed by atoms with Gasteiger partial charge in [0.2, 0.25) is 0 Å². The van der Waals surface area contributed by atoms with Gasteiger partial charge in [-0.2, -0.15) is 0 Å². The van der Waals surface area contributed by atoms with Gasteiger partial charge in [0.15, 0.2) is 4.77 Å². The molecule has 1 heterocycles. The van der Waals surface area contributed by atoms with Crippen LogP contribution in [0, 0.1) is 18.6 Å². The molecule has 0 saturated carbocycles. The van der Waals surface area contributed by atoms with Crippen molar-refractivity contribution in [3.8, 4) is 0 Å². The summed E-state index contributed by atoms with van der Waals surface area (Å²) in [5.74, 6) is 0. The molecule has 0 aliphatic rings. The highest BCUT2D eigenvalue weighted by atomic mass is 32.1. The summed E-state index contributed by atoms with van der Waals surface area (Å²) in [5, 5.41) is 0. The van der Waals surface area contributed by atoms with E-state index in [9.17, 15) is 0 Å². The van der Waals surface area contributed by atoms with Gasteiger partial charge < -0.3 is 9.13 Å². The number of nitrogens with zero attached hydrogens (tertiary/aromatic N) is 2. The van der Waals surface area contributed by atoms with Gasteiger partial charge in [-0.25, -0.2) is 0 Å². The molecule has 10 heavy (non-hydrogen) atoms. The summed E-state index contributed by atoms with van der Waals surface area (Å²) < 4.78 is 4.92. The standard InChI is InChI=1S/C7H12N2S/c1-5-6(2)9(4)7(10)8(5)3/h1-4H3. The predicted molar refractivity (Wildman–Crippen MR) is 44.7 cm³/mol. The van der Waals surface area contributed by atoms with Gasteiger partial charge in [0.05, 0.1) is 0 Å². The lowest BCUT2D eigenvalue weighted by Gasteiger charge is -1.92. The molecule has 0 fully saturated rings. The molecule has 56 valence electrons. The van der Waals surface area contributed by atoms with Gasteiger partial charge in [-0.15, -0.1) is 0 Å². The second-order valence-electron chi connectivity index (χ2n) is 2.57. The van der Waals surface area contributed by atoms with Crippen molar-refractivity contribution in [1.29, 1.82) is 0 Å². The van der Waals surface area contributed by atoms with E-state index < -0.39 is 0 Å². The Kier molecular flexibility index (Phi) is 1.68. The molecule has 0 atom stereocenters. The molecule has 0 unspecified atom stereocenters. The minimum atomic E-state index is 0.884. The summed E-state index contributed by atoms with van der Waals surface area (Å²) in [6.07, 6.45) is 0. The third kappa shape index (κ3) is 0.814. The quantitative estimate of drug-likeness (QED) is 0.520. The molecule has 1 aromatic rings. The molecule has 0 amide bonds. The Morgan fingerprint density at radius 1 is 1.00 bits per heavy atom. The van der Waals surface area contributed by atoms with E-state index in [0.717, 1.165) is 4.77 Å².